The zero-order chi connectivity index (χ0) is 17.9. The second-order valence-electron chi connectivity index (χ2n) is 5.40. The molecule has 132 valence electrons. The maximum atomic E-state index is 11.6. The van der Waals surface area contributed by atoms with Crippen LogP contribution in [0.5, 0.6) is 0 Å². The van der Waals surface area contributed by atoms with Crippen LogP contribution in [0.25, 0.3) is 0 Å². The molecule has 25 heavy (non-hydrogen) atoms. The summed E-state index contributed by atoms with van der Waals surface area (Å²) in [7, 11) is 0. The van der Waals surface area contributed by atoms with Crippen molar-refractivity contribution in [1.29, 1.82) is 0 Å². The van der Waals surface area contributed by atoms with Crippen LogP contribution >= 0.6 is 0 Å². The lowest BCUT2D eigenvalue weighted by Crippen LogP contribution is -2.32. The van der Waals surface area contributed by atoms with E-state index in [9.17, 15) is 14.7 Å². The summed E-state index contributed by atoms with van der Waals surface area (Å²) in [6, 6.07) is 18.6. The van der Waals surface area contributed by atoms with Gasteiger partial charge in [0.2, 0.25) is 0 Å². The summed E-state index contributed by atoms with van der Waals surface area (Å²) in [6.45, 7) is 0.523. The maximum absolute atomic E-state index is 11.6. The van der Waals surface area contributed by atoms with Crippen molar-refractivity contribution in [3.05, 3.63) is 71.8 Å². The summed E-state index contributed by atoms with van der Waals surface area (Å²) in [4.78, 5) is 22.9. The Labute approximate surface area is 146 Å². The normalized spacial score (nSPS) is 11.5. The number of hydrogen-bond acceptors (Lipinski definition) is 4. The smallest absolute Gasteiger partial charge is 0.407 e. The number of carbonyl (C=O) groups excluding carboxylic acids is 1. The molecule has 0 aliphatic rings. The zero-order valence-corrected chi connectivity index (χ0v) is 13.8. The predicted molar refractivity (Wildman–Crippen MR) is 91.9 cm³/mol. The summed E-state index contributed by atoms with van der Waals surface area (Å²) in [6.07, 6.45) is -1.42. The van der Waals surface area contributed by atoms with Crippen molar-refractivity contribution in [3.63, 3.8) is 0 Å². The number of carboxylic acids is 1. The van der Waals surface area contributed by atoms with Gasteiger partial charge in [-0.1, -0.05) is 60.7 Å². The number of ether oxygens (including phenoxy) is 2. The summed E-state index contributed by atoms with van der Waals surface area (Å²) in [5, 5.41) is 11.7. The summed E-state index contributed by atoms with van der Waals surface area (Å²) in [5.41, 5.74) is 1.77. The number of benzene rings is 2. The minimum atomic E-state index is -1.06. The molecule has 2 rings (SSSR count). The van der Waals surface area contributed by atoms with E-state index in [1.54, 1.807) is 0 Å². The lowest BCUT2D eigenvalue weighted by Gasteiger charge is -2.14. The molecule has 1 amide bonds. The molecular formula is C19H21NO5. The van der Waals surface area contributed by atoms with Gasteiger partial charge in [0.1, 0.15) is 6.61 Å². The Kier molecular flexibility index (Phi) is 7.46. The minimum absolute atomic E-state index is 0.152. The third-order valence-corrected chi connectivity index (χ3v) is 3.46. The molecule has 0 bridgehead atoms. The quantitative estimate of drug-likeness (QED) is 0.731. The summed E-state index contributed by atoms with van der Waals surface area (Å²) < 4.78 is 10.5. The van der Waals surface area contributed by atoms with Crippen LogP contribution in [0.4, 0.5) is 4.79 Å². The highest BCUT2D eigenvalue weighted by Crippen LogP contribution is 2.06. The number of alkyl carbamates (subject to hydrolysis) is 1. The van der Waals surface area contributed by atoms with Gasteiger partial charge < -0.3 is 19.9 Å². The van der Waals surface area contributed by atoms with Crippen LogP contribution in [0.3, 0.4) is 0 Å². The monoisotopic (exact) mass is 343 g/mol. The fraction of sp³-hybridized carbons (Fsp3) is 0.263. The fourth-order valence-electron chi connectivity index (χ4n) is 2.13. The third-order valence-electron chi connectivity index (χ3n) is 3.46. The molecule has 0 saturated carbocycles. The molecule has 1 atom stereocenters. The zero-order valence-electron chi connectivity index (χ0n) is 13.8. The van der Waals surface area contributed by atoms with Crippen molar-refractivity contribution in [1.82, 2.24) is 5.32 Å². The standard InChI is InChI=1S/C19H21NO5/c21-18(22)17(24-13-15-7-3-1-4-8-15)11-12-20-19(23)25-14-16-9-5-2-6-10-16/h1-10,17H,11-14H2,(H,20,23)(H,21,22)/t17-/m1/s1. The van der Waals surface area contributed by atoms with E-state index in [4.69, 9.17) is 9.47 Å². The Balaban J connectivity index is 1.68. The highest BCUT2D eigenvalue weighted by molar-refractivity contribution is 5.72. The third kappa shape index (κ3) is 7.05. The highest BCUT2D eigenvalue weighted by atomic mass is 16.5. The van der Waals surface area contributed by atoms with Crippen molar-refractivity contribution < 1.29 is 24.2 Å². The first-order chi connectivity index (χ1) is 12.1. The molecule has 2 aromatic carbocycles. The van der Waals surface area contributed by atoms with Gasteiger partial charge in [-0.3, -0.25) is 0 Å². The Bertz CT molecular complexity index is 660. The van der Waals surface area contributed by atoms with E-state index in [1.807, 2.05) is 60.7 Å². The van der Waals surface area contributed by atoms with Gasteiger partial charge >= 0.3 is 12.1 Å². The molecule has 0 saturated heterocycles. The van der Waals surface area contributed by atoms with Crippen LogP contribution in [-0.2, 0) is 27.5 Å². The SMILES string of the molecule is O=C(NCC[C@@H](OCc1ccccc1)C(=O)O)OCc1ccccc1. The van der Waals surface area contributed by atoms with Crippen molar-refractivity contribution in [2.75, 3.05) is 6.54 Å². The first kappa shape index (κ1) is 18.5. The van der Waals surface area contributed by atoms with Crippen LogP contribution in [0, 0.1) is 0 Å². The topological polar surface area (TPSA) is 84.9 Å². The van der Waals surface area contributed by atoms with Gasteiger partial charge in [0.15, 0.2) is 6.10 Å². The Morgan fingerprint density at radius 1 is 0.920 bits per heavy atom. The molecule has 2 aromatic rings. The number of carbonyl (C=O) groups is 2. The summed E-state index contributed by atoms with van der Waals surface area (Å²) in [5.74, 6) is -1.06. The second kappa shape index (κ2) is 10.1. The van der Waals surface area contributed by atoms with E-state index in [0.29, 0.717) is 0 Å². The molecule has 2 N–H and O–H groups in total. The number of carboxylic acid groups (broad SMARTS) is 1. The van der Waals surface area contributed by atoms with E-state index < -0.39 is 18.2 Å². The second-order valence-corrected chi connectivity index (χ2v) is 5.40. The fourth-order valence-corrected chi connectivity index (χ4v) is 2.13. The van der Waals surface area contributed by atoms with Crippen LogP contribution in [0.15, 0.2) is 60.7 Å². The van der Waals surface area contributed by atoms with Crippen molar-refractivity contribution >= 4 is 12.1 Å². The van der Waals surface area contributed by atoms with E-state index in [1.165, 1.54) is 0 Å². The van der Waals surface area contributed by atoms with Crippen LogP contribution in [0.1, 0.15) is 17.5 Å². The van der Waals surface area contributed by atoms with Crippen molar-refractivity contribution in [2.24, 2.45) is 0 Å². The number of hydrogen-bond donors (Lipinski definition) is 2. The number of amides is 1. The van der Waals surface area contributed by atoms with Gasteiger partial charge in [0.25, 0.3) is 0 Å². The van der Waals surface area contributed by atoms with E-state index >= 15 is 0 Å². The maximum Gasteiger partial charge on any atom is 0.407 e. The molecule has 6 heteroatoms. The molecular weight excluding hydrogens is 322 g/mol. The van der Waals surface area contributed by atoms with Crippen LogP contribution in [-0.4, -0.2) is 29.8 Å². The predicted octanol–water partition coefficient (Wildman–Crippen LogP) is 2.97. The van der Waals surface area contributed by atoms with Gasteiger partial charge in [-0.15, -0.1) is 0 Å². The largest absolute Gasteiger partial charge is 0.479 e. The summed E-state index contributed by atoms with van der Waals surface area (Å²) >= 11 is 0. The first-order valence-corrected chi connectivity index (χ1v) is 7.98. The Morgan fingerprint density at radius 3 is 2.04 bits per heavy atom. The Hall–Kier alpha value is -2.86. The molecule has 0 unspecified atom stereocenters. The van der Waals surface area contributed by atoms with Gasteiger partial charge in [-0.05, 0) is 11.1 Å². The molecule has 0 fully saturated rings. The molecule has 6 nitrogen and oxygen atoms in total. The average Bonchev–Trinajstić information content (AvgIpc) is 2.64. The van der Waals surface area contributed by atoms with Crippen LogP contribution < -0.4 is 5.32 Å². The van der Waals surface area contributed by atoms with E-state index in [-0.39, 0.29) is 26.2 Å². The van der Waals surface area contributed by atoms with Gasteiger partial charge in [0.05, 0.1) is 6.61 Å². The Morgan fingerprint density at radius 2 is 1.48 bits per heavy atom. The molecule has 0 aliphatic heterocycles. The average molecular weight is 343 g/mol. The minimum Gasteiger partial charge on any atom is -0.479 e. The van der Waals surface area contributed by atoms with Crippen molar-refractivity contribution in [3.8, 4) is 0 Å². The number of nitrogens with one attached hydrogen (secondary N) is 1. The van der Waals surface area contributed by atoms with Crippen molar-refractivity contribution in [2.45, 2.75) is 25.7 Å². The molecule has 0 spiro atoms. The lowest BCUT2D eigenvalue weighted by atomic mass is 10.2. The van der Waals surface area contributed by atoms with E-state index in [0.717, 1.165) is 11.1 Å². The molecule has 0 radical (unpaired) electrons. The molecule has 0 aromatic heterocycles. The molecule has 0 heterocycles. The number of rotatable bonds is 9. The molecule has 0 aliphatic carbocycles. The first-order valence-electron chi connectivity index (χ1n) is 7.98. The van der Waals surface area contributed by atoms with E-state index in [2.05, 4.69) is 5.32 Å². The highest BCUT2D eigenvalue weighted by Gasteiger charge is 2.18. The van der Waals surface area contributed by atoms with Gasteiger partial charge in [0, 0.05) is 13.0 Å². The lowest BCUT2D eigenvalue weighted by molar-refractivity contribution is -0.151. The van der Waals surface area contributed by atoms with Gasteiger partial charge in [-0.2, -0.15) is 0 Å². The van der Waals surface area contributed by atoms with Gasteiger partial charge in [-0.25, -0.2) is 9.59 Å². The van der Waals surface area contributed by atoms with Crippen LogP contribution in [0.2, 0.25) is 0 Å². The number of aliphatic carboxylic acids is 1.